The first-order chi connectivity index (χ1) is 9.60. The number of carbonyl (C=O) groups excluding carboxylic acids is 2. The summed E-state index contributed by atoms with van der Waals surface area (Å²) < 4.78 is 4.84. The molecule has 1 N–H and O–H groups in total. The van der Waals surface area contributed by atoms with Crippen LogP contribution in [0, 0.1) is 11.3 Å². The molecule has 7 heteroatoms. The van der Waals surface area contributed by atoms with Gasteiger partial charge in [0.05, 0.1) is 25.3 Å². The van der Waals surface area contributed by atoms with Crippen LogP contribution in [0.15, 0.2) is 11.4 Å². The molecule has 0 atom stereocenters. The van der Waals surface area contributed by atoms with Crippen molar-refractivity contribution in [2.24, 2.45) is 0 Å². The predicted octanol–water partition coefficient (Wildman–Crippen LogP) is 1.44. The maximum Gasteiger partial charge on any atom is 0.320 e. The first-order valence-corrected chi connectivity index (χ1v) is 7.14. The molecule has 0 unspecified atom stereocenters. The van der Waals surface area contributed by atoms with Crippen LogP contribution in [0.1, 0.15) is 19.4 Å². The number of nitrogens with zero attached hydrogens (tertiary/aromatic N) is 2. The Kier molecular flexibility index (Phi) is 6.70. The second kappa shape index (κ2) is 8.30. The standard InChI is InChI=1S/C13H17N3O3S/c1-3-16(9-12(18)19-4-2)8-11(17)15-13-10(7-14)5-6-20-13/h5-6H,3-4,8-9H2,1-2H3,(H,15,17). The maximum absolute atomic E-state index is 11.9. The number of rotatable bonds is 7. The van der Waals surface area contributed by atoms with Crippen LogP contribution in [0.25, 0.3) is 0 Å². The number of nitriles is 1. The fourth-order valence-electron chi connectivity index (χ4n) is 1.53. The SMILES string of the molecule is CCOC(=O)CN(CC)CC(=O)Nc1sccc1C#N. The summed E-state index contributed by atoms with van der Waals surface area (Å²) in [4.78, 5) is 24.9. The van der Waals surface area contributed by atoms with E-state index < -0.39 is 0 Å². The van der Waals surface area contributed by atoms with Gasteiger partial charge in [0, 0.05) is 0 Å². The number of amides is 1. The second-order valence-electron chi connectivity index (χ2n) is 3.93. The van der Waals surface area contributed by atoms with Gasteiger partial charge in [0.25, 0.3) is 0 Å². The molecule has 6 nitrogen and oxygen atoms in total. The normalized spacial score (nSPS) is 10.1. The van der Waals surface area contributed by atoms with E-state index in [1.165, 1.54) is 11.3 Å². The molecule has 0 saturated carbocycles. The van der Waals surface area contributed by atoms with Gasteiger partial charge in [-0.25, -0.2) is 0 Å². The Morgan fingerprint density at radius 3 is 2.80 bits per heavy atom. The van der Waals surface area contributed by atoms with Crippen LogP contribution in [0.4, 0.5) is 5.00 Å². The number of thiophene rings is 1. The van der Waals surface area contributed by atoms with Gasteiger partial charge in [0.2, 0.25) is 5.91 Å². The number of hydrogen-bond donors (Lipinski definition) is 1. The smallest absolute Gasteiger partial charge is 0.320 e. The van der Waals surface area contributed by atoms with Gasteiger partial charge in [-0.2, -0.15) is 5.26 Å². The monoisotopic (exact) mass is 295 g/mol. The first kappa shape index (κ1) is 16.1. The van der Waals surface area contributed by atoms with Crippen LogP contribution in [0.3, 0.4) is 0 Å². The number of likely N-dealkylation sites (N-methyl/N-ethyl adjacent to an activating group) is 1. The van der Waals surface area contributed by atoms with Crippen LogP contribution in [0.2, 0.25) is 0 Å². The van der Waals surface area contributed by atoms with E-state index in [9.17, 15) is 9.59 Å². The minimum absolute atomic E-state index is 0.0767. The fraction of sp³-hybridized carbons (Fsp3) is 0.462. The second-order valence-corrected chi connectivity index (χ2v) is 4.85. The van der Waals surface area contributed by atoms with Gasteiger partial charge in [0.1, 0.15) is 11.1 Å². The number of hydrogen-bond acceptors (Lipinski definition) is 6. The van der Waals surface area contributed by atoms with Crippen molar-refractivity contribution in [2.45, 2.75) is 13.8 Å². The lowest BCUT2D eigenvalue weighted by Crippen LogP contribution is -2.37. The summed E-state index contributed by atoms with van der Waals surface area (Å²) in [5, 5.41) is 13.8. The molecule has 0 fully saturated rings. The zero-order valence-corrected chi connectivity index (χ0v) is 12.3. The molecule has 0 aliphatic heterocycles. The molecule has 0 radical (unpaired) electrons. The lowest BCUT2D eigenvalue weighted by atomic mass is 10.3. The van der Waals surface area contributed by atoms with E-state index in [1.54, 1.807) is 23.3 Å². The van der Waals surface area contributed by atoms with Crippen LogP contribution in [-0.4, -0.2) is 43.0 Å². The van der Waals surface area contributed by atoms with Gasteiger partial charge < -0.3 is 10.1 Å². The molecule has 0 spiro atoms. The minimum Gasteiger partial charge on any atom is -0.465 e. The number of esters is 1. The Morgan fingerprint density at radius 1 is 1.45 bits per heavy atom. The van der Waals surface area contributed by atoms with E-state index in [0.717, 1.165) is 0 Å². The Hall–Kier alpha value is -1.91. The summed E-state index contributed by atoms with van der Waals surface area (Å²) >= 11 is 1.29. The summed E-state index contributed by atoms with van der Waals surface area (Å²) in [6.45, 7) is 4.63. The number of anilines is 1. The predicted molar refractivity (Wildman–Crippen MR) is 76.4 cm³/mol. The third-order valence-corrected chi connectivity index (χ3v) is 3.34. The number of nitrogens with one attached hydrogen (secondary N) is 1. The van der Waals surface area contributed by atoms with Crippen molar-refractivity contribution in [1.29, 1.82) is 5.26 Å². The zero-order valence-electron chi connectivity index (χ0n) is 11.5. The van der Waals surface area contributed by atoms with Crippen molar-refractivity contribution in [3.05, 3.63) is 17.0 Å². The number of ether oxygens (including phenoxy) is 1. The van der Waals surface area contributed by atoms with Crippen molar-refractivity contribution in [3.8, 4) is 6.07 Å². The van der Waals surface area contributed by atoms with Gasteiger partial charge in [-0.3, -0.25) is 14.5 Å². The quantitative estimate of drug-likeness (QED) is 0.770. The van der Waals surface area contributed by atoms with Crippen LogP contribution >= 0.6 is 11.3 Å². The molecule has 1 aromatic rings. The maximum atomic E-state index is 11.9. The van der Waals surface area contributed by atoms with Crippen molar-refractivity contribution >= 4 is 28.2 Å². The van der Waals surface area contributed by atoms with E-state index >= 15 is 0 Å². The van der Waals surface area contributed by atoms with E-state index in [4.69, 9.17) is 10.00 Å². The lowest BCUT2D eigenvalue weighted by molar-refractivity contribution is -0.144. The fourth-order valence-corrected chi connectivity index (χ4v) is 2.29. The lowest BCUT2D eigenvalue weighted by Gasteiger charge is -2.18. The molecule has 1 amide bonds. The molecule has 1 rings (SSSR count). The van der Waals surface area contributed by atoms with Crippen molar-refractivity contribution in [3.63, 3.8) is 0 Å². The van der Waals surface area contributed by atoms with Crippen molar-refractivity contribution < 1.29 is 14.3 Å². The van der Waals surface area contributed by atoms with E-state index in [2.05, 4.69) is 5.32 Å². The molecule has 1 heterocycles. The highest BCUT2D eigenvalue weighted by atomic mass is 32.1. The molecular weight excluding hydrogens is 278 g/mol. The average molecular weight is 295 g/mol. The van der Waals surface area contributed by atoms with Crippen LogP contribution in [0.5, 0.6) is 0 Å². The minimum atomic E-state index is -0.351. The molecule has 0 aliphatic rings. The van der Waals surface area contributed by atoms with Crippen LogP contribution < -0.4 is 5.32 Å². The van der Waals surface area contributed by atoms with Crippen molar-refractivity contribution in [2.75, 3.05) is 31.6 Å². The summed E-state index contributed by atoms with van der Waals surface area (Å²) in [5.41, 5.74) is 0.441. The van der Waals surface area contributed by atoms with Gasteiger partial charge in [0.15, 0.2) is 0 Å². The average Bonchev–Trinajstić information content (AvgIpc) is 2.85. The zero-order chi connectivity index (χ0) is 15.0. The number of carbonyl (C=O) groups is 2. The molecule has 0 bridgehead atoms. The Labute approximate surface area is 121 Å². The highest BCUT2D eigenvalue weighted by molar-refractivity contribution is 7.14. The van der Waals surface area contributed by atoms with Gasteiger partial charge in [-0.1, -0.05) is 6.92 Å². The third kappa shape index (κ3) is 4.99. The van der Waals surface area contributed by atoms with Gasteiger partial charge >= 0.3 is 5.97 Å². The molecule has 1 aromatic heterocycles. The van der Waals surface area contributed by atoms with Crippen molar-refractivity contribution in [1.82, 2.24) is 4.90 Å². The van der Waals surface area contributed by atoms with E-state index in [-0.39, 0.29) is 25.0 Å². The Balaban J connectivity index is 2.51. The highest BCUT2D eigenvalue weighted by Crippen LogP contribution is 2.21. The first-order valence-electron chi connectivity index (χ1n) is 6.26. The topological polar surface area (TPSA) is 82.4 Å². The summed E-state index contributed by atoms with van der Waals surface area (Å²) in [6.07, 6.45) is 0. The van der Waals surface area contributed by atoms with Gasteiger partial charge in [-0.05, 0) is 24.9 Å². The van der Waals surface area contributed by atoms with E-state index in [0.29, 0.717) is 23.7 Å². The Bertz CT molecular complexity index is 507. The van der Waals surface area contributed by atoms with Crippen LogP contribution in [-0.2, 0) is 14.3 Å². The van der Waals surface area contributed by atoms with Gasteiger partial charge in [-0.15, -0.1) is 11.3 Å². The molecule has 20 heavy (non-hydrogen) atoms. The molecule has 0 aliphatic carbocycles. The summed E-state index contributed by atoms with van der Waals surface area (Å²) in [7, 11) is 0. The molecule has 0 saturated heterocycles. The molecule has 108 valence electrons. The summed E-state index contributed by atoms with van der Waals surface area (Å²) in [5.74, 6) is -0.605. The van der Waals surface area contributed by atoms with E-state index in [1.807, 2.05) is 13.0 Å². The highest BCUT2D eigenvalue weighted by Gasteiger charge is 2.15. The molecule has 0 aromatic carbocycles. The largest absolute Gasteiger partial charge is 0.465 e. The Morgan fingerprint density at radius 2 is 2.20 bits per heavy atom. The third-order valence-electron chi connectivity index (χ3n) is 2.51. The summed E-state index contributed by atoms with van der Waals surface area (Å²) in [6, 6.07) is 3.65. The molecular formula is C13H17N3O3S.